The molecule has 2 fully saturated rings. The monoisotopic (exact) mass is 335 g/mol. The summed E-state index contributed by atoms with van der Waals surface area (Å²) in [6.45, 7) is 7.95. The van der Waals surface area contributed by atoms with Crippen molar-refractivity contribution in [1.29, 1.82) is 0 Å². The largest absolute Gasteiger partial charge is 0.365 e. The molecule has 2 aromatic rings. The molecular weight excluding hydrogens is 306 g/mol. The van der Waals surface area contributed by atoms with E-state index < -0.39 is 0 Å². The summed E-state index contributed by atoms with van der Waals surface area (Å²) >= 11 is 0. The average Bonchev–Trinajstić information content (AvgIpc) is 2.64. The molecule has 0 spiro atoms. The number of benzene rings is 2. The standard InChI is InChI=1S/C23H29NO/c1-18(2)24-15-13-19(14-16-24)22-17-25-23(22,20-9-5-3-6-10-20)21-11-7-4-8-12-21/h3-12,18-19,22H,13-17H2,1-2H3. The summed E-state index contributed by atoms with van der Waals surface area (Å²) in [7, 11) is 0. The molecule has 4 rings (SSSR count). The van der Waals surface area contributed by atoms with Crippen LogP contribution in [0.4, 0.5) is 0 Å². The molecule has 0 radical (unpaired) electrons. The molecule has 2 heteroatoms. The van der Waals surface area contributed by atoms with Gasteiger partial charge in [0.05, 0.1) is 6.61 Å². The molecule has 25 heavy (non-hydrogen) atoms. The van der Waals surface area contributed by atoms with Crippen molar-refractivity contribution < 1.29 is 4.74 Å². The first kappa shape index (κ1) is 16.8. The van der Waals surface area contributed by atoms with Gasteiger partial charge < -0.3 is 9.64 Å². The van der Waals surface area contributed by atoms with Crippen molar-refractivity contribution in [3.63, 3.8) is 0 Å². The second-order valence-corrected chi connectivity index (χ2v) is 7.85. The molecule has 2 heterocycles. The van der Waals surface area contributed by atoms with Crippen LogP contribution in [0.25, 0.3) is 0 Å². The van der Waals surface area contributed by atoms with Gasteiger partial charge in [-0.2, -0.15) is 0 Å². The van der Waals surface area contributed by atoms with Gasteiger partial charge in [0.15, 0.2) is 0 Å². The van der Waals surface area contributed by atoms with Gasteiger partial charge in [0.1, 0.15) is 5.60 Å². The van der Waals surface area contributed by atoms with Crippen molar-refractivity contribution in [2.24, 2.45) is 11.8 Å². The Morgan fingerprint density at radius 2 is 1.40 bits per heavy atom. The van der Waals surface area contributed by atoms with E-state index in [2.05, 4.69) is 79.4 Å². The van der Waals surface area contributed by atoms with Crippen LogP contribution in [0.5, 0.6) is 0 Å². The Hall–Kier alpha value is -1.64. The molecule has 0 aromatic heterocycles. The molecule has 1 unspecified atom stereocenters. The Kier molecular flexibility index (Phi) is 4.66. The number of rotatable bonds is 4. The lowest BCUT2D eigenvalue weighted by atomic mass is 9.65. The molecule has 2 aliphatic heterocycles. The van der Waals surface area contributed by atoms with Crippen molar-refractivity contribution in [2.75, 3.05) is 19.7 Å². The average molecular weight is 335 g/mol. The Morgan fingerprint density at radius 1 is 0.880 bits per heavy atom. The Morgan fingerprint density at radius 3 is 1.80 bits per heavy atom. The fourth-order valence-corrected chi connectivity index (χ4v) is 4.79. The van der Waals surface area contributed by atoms with Gasteiger partial charge >= 0.3 is 0 Å². The first-order valence-electron chi connectivity index (χ1n) is 9.71. The van der Waals surface area contributed by atoms with Crippen LogP contribution < -0.4 is 0 Å². The quantitative estimate of drug-likeness (QED) is 0.803. The van der Waals surface area contributed by atoms with E-state index in [0.717, 1.165) is 12.5 Å². The molecule has 1 atom stereocenters. The molecule has 0 aliphatic carbocycles. The van der Waals surface area contributed by atoms with Gasteiger partial charge in [0, 0.05) is 12.0 Å². The van der Waals surface area contributed by atoms with Gasteiger partial charge in [-0.3, -0.25) is 0 Å². The van der Waals surface area contributed by atoms with E-state index in [9.17, 15) is 0 Å². The second kappa shape index (κ2) is 6.93. The summed E-state index contributed by atoms with van der Waals surface area (Å²) in [5.74, 6) is 1.32. The van der Waals surface area contributed by atoms with Crippen molar-refractivity contribution in [3.05, 3.63) is 71.8 Å². The highest BCUT2D eigenvalue weighted by molar-refractivity contribution is 5.40. The van der Waals surface area contributed by atoms with E-state index >= 15 is 0 Å². The van der Waals surface area contributed by atoms with E-state index in [1.807, 2.05) is 0 Å². The van der Waals surface area contributed by atoms with E-state index in [1.165, 1.54) is 37.1 Å². The number of hydrogen-bond acceptors (Lipinski definition) is 2. The summed E-state index contributed by atoms with van der Waals surface area (Å²) in [4.78, 5) is 2.61. The minimum Gasteiger partial charge on any atom is -0.365 e. The van der Waals surface area contributed by atoms with Crippen molar-refractivity contribution in [3.8, 4) is 0 Å². The van der Waals surface area contributed by atoms with Crippen LogP contribution in [-0.4, -0.2) is 30.6 Å². The predicted molar refractivity (Wildman–Crippen MR) is 103 cm³/mol. The van der Waals surface area contributed by atoms with Crippen LogP contribution in [0.2, 0.25) is 0 Å². The van der Waals surface area contributed by atoms with Gasteiger partial charge in [-0.25, -0.2) is 0 Å². The predicted octanol–water partition coefficient (Wildman–Crippen LogP) is 4.70. The Balaban J connectivity index is 1.64. The molecule has 0 bridgehead atoms. The zero-order chi connectivity index (χ0) is 17.3. The SMILES string of the molecule is CC(C)N1CCC(C2COC2(c2ccccc2)c2ccccc2)CC1. The highest BCUT2D eigenvalue weighted by Crippen LogP contribution is 2.52. The maximum absolute atomic E-state index is 6.42. The van der Waals surface area contributed by atoms with Crippen LogP contribution in [0.15, 0.2) is 60.7 Å². The molecule has 0 amide bonds. The summed E-state index contributed by atoms with van der Waals surface area (Å²) in [5.41, 5.74) is 2.36. The summed E-state index contributed by atoms with van der Waals surface area (Å²) in [6, 6.07) is 22.4. The van der Waals surface area contributed by atoms with Crippen molar-refractivity contribution in [1.82, 2.24) is 4.90 Å². The number of likely N-dealkylation sites (tertiary alicyclic amines) is 1. The minimum absolute atomic E-state index is 0.257. The lowest BCUT2D eigenvalue weighted by molar-refractivity contribution is -0.210. The number of nitrogens with zero attached hydrogens (tertiary/aromatic N) is 1. The van der Waals surface area contributed by atoms with Crippen LogP contribution in [-0.2, 0) is 10.3 Å². The van der Waals surface area contributed by atoms with E-state index in [4.69, 9.17) is 4.74 Å². The molecule has 2 aliphatic rings. The van der Waals surface area contributed by atoms with Crippen LogP contribution in [0.3, 0.4) is 0 Å². The van der Waals surface area contributed by atoms with Gasteiger partial charge in [0.2, 0.25) is 0 Å². The van der Waals surface area contributed by atoms with E-state index in [-0.39, 0.29) is 5.60 Å². The first-order valence-corrected chi connectivity index (χ1v) is 9.71. The third-order valence-corrected chi connectivity index (χ3v) is 6.29. The van der Waals surface area contributed by atoms with E-state index in [0.29, 0.717) is 12.0 Å². The van der Waals surface area contributed by atoms with Crippen LogP contribution in [0.1, 0.15) is 37.8 Å². The fraction of sp³-hybridized carbons (Fsp3) is 0.478. The molecule has 2 saturated heterocycles. The van der Waals surface area contributed by atoms with Gasteiger partial charge in [-0.1, -0.05) is 60.7 Å². The highest BCUT2D eigenvalue weighted by atomic mass is 16.5. The van der Waals surface area contributed by atoms with Crippen molar-refractivity contribution >= 4 is 0 Å². The van der Waals surface area contributed by atoms with Gasteiger partial charge in [0.25, 0.3) is 0 Å². The molecular formula is C23H29NO. The second-order valence-electron chi connectivity index (χ2n) is 7.85. The van der Waals surface area contributed by atoms with Crippen molar-refractivity contribution in [2.45, 2.75) is 38.3 Å². The number of ether oxygens (including phenoxy) is 1. The Bertz CT molecular complexity index is 634. The highest BCUT2D eigenvalue weighted by Gasteiger charge is 2.54. The first-order chi connectivity index (χ1) is 12.2. The third-order valence-electron chi connectivity index (χ3n) is 6.29. The lowest BCUT2D eigenvalue weighted by Gasteiger charge is -2.54. The number of hydrogen-bond donors (Lipinski definition) is 0. The third kappa shape index (κ3) is 2.92. The molecule has 132 valence electrons. The zero-order valence-electron chi connectivity index (χ0n) is 15.4. The zero-order valence-corrected chi connectivity index (χ0v) is 15.4. The smallest absolute Gasteiger partial charge is 0.123 e. The summed E-state index contributed by atoms with van der Waals surface area (Å²) in [6.07, 6.45) is 2.57. The maximum atomic E-state index is 6.42. The lowest BCUT2D eigenvalue weighted by Crippen LogP contribution is -2.56. The topological polar surface area (TPSA) is 12.5 Å². The van der Waals surface area contributed by atoms with Gasteiger partial charge in [-0.15, -0.1) is 0 Å². The molecule has 0 N–H and O–H groups in total. The Labute approximate surface area is 151 Å². The van der Waals surface area contributed by atoms with E-state index in [1.54, 1.807) is 0 Å². The molecule has 0 saturated carbocycles. The number of piperidine rings is 1. The molecule has 2 nitrogen and oxygen atoms in total. The minimum atomic E-state index is -0.257. The fourth-order valence-electron chi connectivity index (χ4n) is 4.79. The maximum Gasteiger partial charge on any atom is 0.123 e. The van der Waals surface area contributed by atoms with Gasteiger partial charge in [-0.05, 0) is 56.8 Å². The van der Waals surface area contributed by atoms with Crippen LogP contribution in [0, 0.1) is 11.8 Å². The molecule has 2 aromatic carbocycles. The summed E-state index contributed by atoms with van der Waals surface area (Å²) < 4.78 is 6.42. The normalized spacial score (nSPS) is 24.2. The summed E-state index contributed by atoms with van der Waals surface area (Å²) in [5, 5.41) is 0. The van der Waals surface area contributed by atoms with Crippen LogP contribution >= 0.6 is 0 Å².